The van der Waals surface area contributed by atoms with Gasteiger partial charge in [-0.25, -0.2) is 0 Å². The van der Waals surface area contributed by atoms with Crippen molar-refractivity contribution in [1.29, 1.82) is 0 Å². The summed E-state index contributed by atoms with van der Waals surface area (Å²) in [6.07, 6.45) is 4.57. The molecule has 1 fully saturated rings. The van der Waals surface area contributed by atoms with E-state index in [1.807, 2.05) is 0 Å². The molecule has 0 N–H and O–H groups in total. The summed E-state index contributed by atoms with van der Waals surface area (Å²) in [6.45, 7) is 4.72. The fraction of sp³-hybridized carbons (Fsp3) is 0.158. The molecule has 1 saturated carbocycles. The van der Waals surface area contributed by atoms with E-state index in [4.69, 9.17) is 0 Å². The monoisotopic (exact) mass is 743 g/mol. The molecule has 1 heteroatoms. The molecule has 0 bridgehead atoms. The SMILES string of the molecule is CC1(C)c2ccccc2-c2ccc(N(c3ccccc3)c3ccc(-c4ccc5c(c4)C4(CCC6(CC4)c4ccccc4-c4ccccc46)c4ccccc4-5)cc3)cc21. The standard InChI is InChI=1S/C57H45N/c1-55(2)49-20-10-6-16-43(49)47-31-29-42(37-53(47)55)58(40-14-4-3-5-15-40)41-27-24-38(25-28-41)39-26-30-48-46-19-9-13-23-52(46)57(54(48)36-39)34-32-56(33-35-57)50-21-11-7-17-44(50)45-18-8-12-22-51(45)56/h3-31,36-37H,32-35H2,1-2H3. The third kappa shape index (κ3) is 4.59. The highest BCUT2D eigenvalue weighted by atomic mass is 15.1. The van der Waals surface area contributed by atoms with Gasteiger partial charge in [0.05, 0.1) is 0 Å². The van der Waals surface area contributed by atoms with E-state index in [0.717, 1.165) is 37.1 Å². The van der Waals surface area contributed by atoms with E-state index < -0.39 is 0 Å². The van der Waals surface area contributed by atoms with Crippen LogP contribution < -0.4 is 4.90 Å². The second-order valence-electron chi connectivity index (χ2n) is 17.7. The van der Waals surface area contributed by atoms with E-state index >= 15 is 0 Å². The van der Waals surface area contributed by atoms with E-state index in [0.29, 0.717) is 0 Å². The topological polar surface area (TPSA) is 3.24 Å². The molecule has 0 unspecified atom stereocenters. The average molecular weight is 744 g/mol. The predicted octanol–water partition coefficient (Wildman–Crippen LogP) is 14.9. The summed E-state index contributed by atoms with van der Waals surface area (Å²) < 4.78 is 0. The molecule has 8 aromatic rings. The molecule has 12 rings (SSSR count). The molecule has 0 saturated heterocycles. The fourth-order valence-electron chi connectivity index (χ4n) is 11.9. The smallest absolute Gasteiger partial charge is 0.0465 e. The normalized spacial score (nSPS) is 16.6. The Hall–Kier alpha value is -6.44. The quantitative estimate of drug-likeness (QED) is 0.173. The Labute approximate surface area is 342 Å². The van der Waals surface area contributed by atoms with Gasteiger partial charge in [0.15, 0.2) is 0 Å². The Kier molecular flexibility index (Phi) is 7.13. The zero-order valence-electron chi connectivity index (χ0n) is 33.2. The van der Waals surface area contributed by atoms with Gasteiger partial charge in [0, 0.05) is 33.3 Å². The van der Waals surface area contributed by atoms with Gasteiger partial charge in [0.25, 0.3) is 0 Å². The maximum atomic E-state index is 2.55. The van der Waals surface area contributed by atoms with Gasteiger partial charge in [-0.3, -0.25) is 0 Å². The Morgan fingerprint density at radius 1 is 0.310 bits per heavy atom. The zero-order chi connectivity index (χ0) is 38.6. The van der Waals surface area contributed by atoms with Crippen LogP contribution >= 0.6 is 0 Å². The van der Waals surface area contributed by atoms with Crippen LogP contribution in [0.2, 0.25) is 0 Å². The first-order valence-electron chi connectivity index (χ1n) is 21.1. The van der Waals surface area contributed by atoms with E-state index in [-0.39, 0.29) is 16.2 Å². The van der Waals surface area contributed by atoms with Crippen molar-refractivity contribution in [2.75, 3.05) is 4.90 Å². The molecule has 58 heavy (non-hydrogen) atoms. The molecule has 4 aliphatic rings. The van der Waals surface area contributed by atoms with Crippen molar-refractivity contribution in [1.82, 2.24) is 0 Å². The minimum atomic E-state index is -0.0657. The lowest BCUT2D eigenvalue weighted by Gasteiger charge is -2.45. The molecule has 0 aliphatic heterocycles. The van der Waals surface area contributed by atoms with Crippen LogP contribution in [0.5, 0.6) is 0 Å². The fourth-order valence-corrected chi connectivity index (χ4v) is 11.9. The maximum absolute atomic E-state index is 2.55. The number of fused-ring (bicyclic) bond motifs is 13. The summed E-state index contributed by atoms with van der Waals surface area (Å²) in [6, 6.07) is 71.1. The minimum Gasteiger partial charge on any atom is -0.310 e. The maximum Gasteiger partial charge on any atom is 0.0465 e. The van der Waals surface area contributed by atoms with Crippen LogP contribution in [0, 0.1) is 0 Å². The minimum absolute atomic E-state index is 0.00468. The highest BCUT2D eigenvalue weighted by Crippen LogP contribution is 2.63. The van der Waals surface area contributed by atoms with Crippen LogP contribution in [-0.2, 0) is 16.2 Å². The Bertz CT molecular complexity index is 2880. The second-order valence-corrected chi connectivity index (χ2v) is 17.7. The molecule has 0 amide bonds. The van der Waals surface area contributed by atoms with Crippen molar-refractivity contribution in [3.05, 3.63) is 221 Å². The highest BCUT2D eigenvalue weighted by molar-refractivity contribution is 5.88. The number of nitrogens with zero attached hydrogens (tertiary/aromatic N) is 1. The van der Waals surface area contributed by atoms with Crippen molar-refractivity contribution in [2.24, 2.45) is 0 Å². The first kappa shape index (κ1) is 33.7. The van der Waals surface area contributed by atoms with Crippen LogP contribution in [0.1, 0.15) is 72.9 Å². The van der Waals surface area contributed by atoms with Crippen molar-refractivity contribution in [3.8, 4) is 44.5 Å². The summed E-state index contributed by atoms with van der Waals surface area (Å²) in [5.41, 5.74) is 23.3. The Morgan fingerprint density at radius 3 is 1.29 bits per heavy atom. The van der Waals surface area contributed by atoms with E-state index in [1.54, 1.807) is 0 Å². The van der Waals surface area contributed by atoms with Gasteiger partial charge in [0.2, 0.25) is 0 Å². The molecular formula is C57H45N. The van der Waals surface area contributed by atoms with E-state index in [9.17, 15) is 0 Å². The largest absolute Gasteiger partial charge is 0.310 e. The summed E-state index contributed by atoms with van der Waals surface area (Å²) >= 11 is 0. The van der Waals surface area contributed by atoms with Gasteiger partial charge in [-0.05, 0) is 146 Å². The highest BCUT2D eigenvalue weighted by Gasteiger charge is 2.53. The first-order valence-corrected chi connectivity index (χ1v) is 21.1. The average Bonchev–Trinajstić information content (AvgIpc) is 3.81. The van der Waals surface area contributed by atoms with E-state index in [1.165, 1.54) is 83.6 Å². The van der Waals surface area contributed by atoms with Crippen molar-refractivity contribution >= 4 is 17.1 Å². The molecule has 0 radical (unpaired) electrons. The van der Waals surface area contributed by atoms with Crippen LogP contribution in [0.25, 0.3) is 44.5 Å². The number of para-hydroxylation sites is 1. The van der Waals surface area contributed by atoms with Crippen molar-refractivity contribution in [2.45, 2.75) is 55.8 Å². The lowest BCUT2D eigenvalue weighted by atomic mass is 9.57. The van der Waals surface area contributed by atoms with Gasteiger partial charge in [-0.1, -0.05) is 159 Å². The number of hydrogen-bond acceptors (Lipinski definition) is 1. The Morgan fingerprint density at radius 2 is 0.707 bits per heavy atom. The molecular weight excluding hydrogens is 699 g/mol. The molecule has 2 spiro atoms. The van der Waals surface area contributed by atoms with Gasteiger partial charge in [-0.2, -0.15) is 0 Å². The lowest BCUT2D eigenvalue weighted by Crippen LogP contribution is -2.39. The van der Waals surface area contributed by atoms with Gasteiger partial charge < -0.3 is 4.90 Å². The van der Waals surface area contributed by atoms with Crippen LogP contribution in [0.3, 0.4) is 0 Å². The second kappa shape index (κ2) is 12.3. The molecule has 0 heterocycles. The predicted molar refractivity (Wildman–Crippen MR) is 241 cm³/mol. The summed E-state index contributed by atoms with van der Waals surface area (Å²) in [7, 11) is 0. The summed E-state index contributed by atoms with van der Waals surface area (Å²) in [4.78, 5) is 2.41. The van der Waals surface area contributed by atoms with Crippen molar-refractivity contribution in [3.63, 3.8) is 0 Å². The number of rotatable bonds is 4. The molecule has 0 aromatic heterocycles. The van der Waals surface area contributed by atoms with Crippen LogP contribution in [0.15, 0.2) is 188 Å². The molecule has 278 valence electrons. The summed E-state index contributed by atoms with van der Waals surface area (Å²) in [5.74, 6) is 0. The van der Waals surface area contributed by atoms with Gasteiger partial charge in [-0.15, -0.1) is 0 Å². The number of hydrogen-bond donors (Lipinski definition) is 0. The van der Waals surface area contributed by atoms with Gasteiger partial charge >= 0.3 is 0 Å². The molecule has 4 aliphatic carbocycles. The van der Waals surface area contributed by atoms with Gasteiger partial charge in [0.1, 0.15) is 0 Å². The molecule has 0 atom stereocenters. The first-order chi connectivity index (χ1) is 28.5. The third-order valence-electron chi connectivity index (χ3n) is 14.7. The third-order valence-corrected chi connectivity index (χ3v) is 14.7. The molecule has 8 aromatic carbocycles. The van der Waals surface area contributed by atoms with E-state index in [2.05, 4.69) is 207 Å². The number of anilines is 3. The lowest BCUT2D eigenvalue weighted by molar-refractivity contribution is 0.265. The van der Waals surface area contributed by atoms with Crippen molar-refractivity contribution < 1.29 is 0 Å². The summed E-state index contributed by atoms with van der Waals surface area (Å²) in [5, 5.41) is 0. The zero-order valence-corrected chi connectivity index (χ0v) is 33.2. The molecule has 1 nitrogen and oxygen atoms in total. The Balaban J connectivity index is 0.914. The number of benzene rings is 8. The van der Waals surface area contributed by atoms with Crippen LogP contribution in [-0.4, -0.2) is 0 Å². The van der Waals surface area contributed by atoms with Crippen LogP contribution in [0.4, 0.5) is 17.1 Å².